The maximum absolute atomic E-state index is 12.8. The maximum atomic E-state index is 12.8. The first-order valence-electron chi connectivity index (χ1n) is 10.9. The predicted molar refractivity (Wildman–Crippen MR) is 131 cm³/mol. The fraction of sp³-hybridized carbons (Fsp3) is 0.320. The molecule has 1 aliphatic rings. The molecular formula is C25H28N2O5S. The Labute approximate surface area is 198 Å². The van der Waals surface area contributed by atoms with E-state index < -0.39 is 17.1 Å². The fourth-order valence-corrected chi connectivity index (χ4v) is 4.07. The molecule has 174 valence electrons. The van der Waals surface area contributed by atoms with Crippen LogP contribution in [0.5, 0.6) is 11.5 Å². The highest BCUT2D eigenvalue weighted by molar-refractivity contribution is 8.18. The van der Waals surface area contributed by atoms with Crippen molar-refractivity contribution in [2.24, 2.45) is 0 Å². The number of hydrogen-bond donors (Lipinski definition) is 1. The topological polar surface area (TPSA) is 84.9 Å². The van der Waals surface area contributed by atoms with Crippen molar-refractivity contribution >= 4 is 40.6 Å². The van der Waals surface area contributed by atoms with E-state index in [4.69, 9.17) is 9.47 Å². The number of rotatable bonds is 9. The van der Waals surface area contributed by atoms with Crippen LogP contribution in [0.4, 0.5) is 10.5 Å². The Kier molecular flexibility index (Phi) is 8.16. The fourth-order valence-electron chi connectivity index (χ4n) is 3.24. The first-order valence-corrected chi connectivity index (χ1v) is 11.7. The van der Waals surface area contributed by atoms with Gasteiger partial charge in [0, 0.05) is 17.3 Å². The van der Waals surface area contributed by atoms with E-state index in [9.17, 15) is 14.4 Å². The van der Waals surface area contributed by atoms with Crippen LogP contribution in [0.15, 0.2) is 47.4 Å². The van der Waals surface area contributed by atoms with Gasteiger partial charge < -0.3 is 14.8 Å². The smallest absolute Gasteiger partial charge is 0.294 e. The van der Waals surface area contributed by atoms with Crippen molar-refractivity contribution in [3.8, 4) is 11.5 Å². The van der Waals surface area contributed by atoms with Crippen molar-refractivity contribution < 1.29 is 23.9 Å². The Morgan fingerprint density at radius 2 is 1.76 bits per heavy atom. The number of carbonyl (C=O) groups excluding carboxylic acids is 3. The summed E-state index contributed by atoms with van der Waals surface area (Å²) in [4.78, 5) is 38.9. The second-order valence-electron chi connectivity index (χ2n) is 7.66. The number of ether oxygens (including phenoxy) is 2. The molecule has 0 radical (unpaired) electrons. The maximum Gasteiger partial charge on any atom is 0.294 e. The molecule has 0 atom stereocenters. The molecule has 0 saturated carbocycles. The van der Waals surface area contributed by atoms with Crippen LogP contribution in [0.1, 0.15) is 44.7 Å². The van der Waals surface area contributed by atoms with Crippen LogP contribution >= 0.6 is 11.8 Å². The number of anilines is 1. The number of thioether (sulfide) groups is 1. The molecule has 1 N–H and O–H groups in total. The minimum absolute atomic E-state index is 0.235. The average molecular weight is 469 g/mol. The van der Waals surface area contributed by atoms with Gasteiger partial charge in [0.2, 0.25) is 5.91 Å². The van der Waals surface area contributed by atoms with Crippen LogP contribution in [-0.4, -0.2) is 41.7 Å². The second kappa shape index (κ2) is 11.0. The minimum Gasteiger partial charge on any atom is -0.494 e. The third kappa shape index (κ3) is 6.16. The predicted octanol–water partition coefficient (Wildman–Crippen LogP) is 5.28. The highest BCUT2D eigenvalue weighted by Gasteiger charge is 2.36. The van der Waals surface area contributed by atoms with E-state index in [1.807, 2.05) is 38.1 Å². The van der Waals surface area contributed by atoms with Gasteiger partial charge in [0.1, 0.15) is 18.0 Å². The van der Waals surface area contributed by atoms with Crippen LogP contribution < -0.4 is 14.8 Å². The molecule has 0 aromatic heterocycles. The van der Waals surface area contributed by atoms with Crippen LogP contribution in [0, 0.1) is 0 Å². The molecular weight excluding hydrogens is 440 g/mol. The van der Waals surface area contributed by atoms with Crippen LogP contribution in [0.25, 0.3) is 6.08 Å². The summed E-state index contributed by atoms with van der Waals surface area (Å²) < 4.78 is 11.2. The van der Waals surface area contributed by atoms with Gasteiger partial charge in [-0.2, -0.15) is 0 Å². The van der Waals surface area contributed by atoms with Gasteiger partial charge in [-0.3, -0.25) is 19.3 Å². The minimum atomic E-state index is -0.508. The van der Waals surface area contributed by atoms with Crippen molar-refractivity contribution in [2.75, 3.05) is 25.1 Å². The highest BCUT2D eigenvalue weighted by Crippen LogP contribution is 2.35. The summed E-state index contributed by atoms with van der Waals surface area (Å²) in [7, 11) is 0. The molecule has 33 heavy (non-hydrogen) atoms. The van der Waals surface area contributed by atoms with Crippen molar-refractivity contribution in [3.63, 3.8) is 0 Å². The third-order valence-corrected chi connectivity index (χ3v) is 5.83. The van der Waals surface area contributed by atoms with Crippen molar-refractivity contribution in [1.29, 1.82) is 0 Å². The van der Waals surface area contributed by atoms with Gasteiger partial charge in [-0.25, -0.2) is 0 Å². The Hall–Kier alpha value is -3.26. The van der Waals surface area contributed by atoms with Gasteiger partial charge in [-0.05, 0) is 67.4 Å². The Balaban J connectivity index is 1.71. The number of amides is 3. The highest BCUT2D eigenvalue weighted by atomic mass is 32.2. The summed E-state index contributed by atoms with van der Waals surface area (Å²) in [6.45, 7) is 8.54. The van der Waals surface area contributed by atoms with Gasteiger partial charge in [0.05, 0.1) is 18.1 Å². The summed E-state index contributed by atoms with van der Waals surface area (Å²) in [6.07, 6.45) is 1.61. The second-order valence-corrected chi connectivity index (χ2v) is 8.65. The lowest BCUT2D eigenvalue weighted by Gasteiger charge is -2.13. The monoisotopic (exact) mass is 468 g/mol. The summed E-state index contributed by atoms with van der Waals surface area (Å²) in [5.41, 5.74) is 2.42. The van der Waals surface area contributed by atoms with E-state index >= 15 is 0 Å². The van der Waals surface area contributed by atoms with Crippen molar-refractivity contribution in [2.45, 2.75) is 33.6 Å². The van der Waals surface area contributed by atoms with Gasteiger partial charge in [-0.15, -0.1) is 0 Å². The van der Waals surface area contributed by atoms with Gasteiger partial charge in [-0.1, -0.05) is 26.0 Å². The molecule has 0 unspecified atom stereocenters. The van der Waals surface area contributed by atoms with Gasteiger partial charge in [0.15, 0.2) is 0 Å². The van der Waals surface area contributed by atoms with Crippen molar-refractivity contribution in [3.05, 3.63) is 58.5 Å². The number of benzene rings is 2. The molecule has 1 aliphatic heterocycles. The van der Waals surface area contributed by atoms with Gasteiger partial charge >= 0.3 is 0 Å². The molecule has 0 bridgehead atoms. The van der Waals surface area contributed by atoms with E-state index in [0.29, 0.717) is 41.9 Å². The zero-order valence-electron chi connectivity index (χ0n) is 19.2. The van der Waals surface area contributed by atoms with E-state index in [1.165, 1.54) is 0 Å². The third-order valence-electron chi connectivity index (χ3n) is 4.92. The first-order chi connectivity index (χ1) is 15.8. The standard InChI is InChI=1S/C25H28N2O5S/c1-5-31-20-12-9-18(21(14-20)32-6-2)13-22-24(29)27(25(30)33-22)15-23(28)26-19-10-7-17(8-11-19)16(3)4/h7-14,16H,5-6,15H2,1-4H3,(H,26,28)/b22-13+. The Morgan fingerprint density at radius 1 is 1.06 bits per heavy atom. The molecule has 7 nitrogen and oxygen atoms in total. The molecule has 1 saturated heterocycles. The van der Waals surface area contributed by atoms with Crippen molar-refractivity contribution in [1.82, 2.24) is 4.90 Å². The zero-order chi connectivity index (χ0) is 24.0. The molecule has 1 heterocycles. The first kappa shape index (κ1) is 24.4. The summed E-state index contributed by atoms with van der Waals surface area (Å²) in [6, 6.07) is 12.8. The van der Waals surface area contributed by atoms with E-state index in [-0.39, 0.29) is 11.4 Å². The summed E-state index contributed by atoms with van der Waals surface area (Å²) in [5, 5.41) is 2.25. The Morgan fingerprint density at radius 3 is 2.39 bits per heavy atom. The Bertz CT molecular complexity index is 1060. The van der Waals surface area contributed by atoms with E-state index in [0.717, 1.165) is 22.2 Å². The number of carbonyl (C=O) groups is 3. The quantitative estimate of drug-likeness (QED) is 0.504. The lowest BCUT2D eigenvalue weighted by Crippen LogP contribution is -2.36. The number of nitrogens with one attached hydrogen (secondary N) is 1. The number of imide groups is 1. The molecule has 0 aliphatic carbocycles. The van der Waals surface area contributed by atoms with Crippen LogP contribution in [0.3, 0.4) is 0 Å². The molecule has 8 heteroatoms. The lowest BCUT2D eigenvalue weighted by atomic mass is 10.0. The summed E-state index contributed by atoms with van der Waals surface area (Å²) in [5.74, 6) is 0.649. The molecule has 2 aromatic rings. The average Bonchev–Trinajstić information content (AvgIpc) is 3.03. The molecule has 0 spiro atoms. The number of hydrogen-bond acceptors (Lipinski definition) is 6. The zero-order valence-corrected chi connectivity index (χ0v) is 20.0. The lowest BCUT2D eigenvalue weighted by molar-refractivity contribution is -0.127. The van der Waals surface area contributed by atoms with Crippen LogP contribution in [-0.2, 0) is 9.59 Å². The largest absolute Gasteiger partial charge is 0.494 e. The molecule has 2 aromatic carbocycles. The molecule has 3 rings (SSSR count). The van der Waals surface area contributed by atoms with E-state index in [2.05, 4.69) is 19.2 Å². The van der Waals surface area contributed by atoms with Gasteiger partial charge in [0.25, 0.3) is 11.1 Å². The molecule has 1 fully saturated rings. The molecule has 3 amide bonds. The number of nitrogens with zero attached hydrogens (tertiary/aromatic N) is 1. The SMILES string of the molecule is CCOc1ccc(/C=C2/SC(=O)N(CC(=O)Nc3ccc(C(C)C)cc3)C2=O)c(OCC)c1. The van der Waals surface area contributed by atoms with Crippen LogP contribution in [0.2, 0.25) is 0 Å². The van der Waals surface area contributed by atoms with E-state index in [1.54, 1.807) is 24.3 Å². The normalized spacial score (nSPS) is 14.8. The summed E-state index contributed by atoms with van der Waals surface area (Å²) >= 11 is 0.803.